The highest BCUT2D eigenvalue weighted by molar-refractivity contribution is 6.06. The molecule has 0 spiro atoms. The number of carbonyl (C=O) groups is 1. The van der Waals surface area contributed by atoms with Crippen LogP contribution in [0.2, 0.25) is 0 Å². The largest absolute Gasteiger partial charge is 0.409 e. The first-order valence-electron chi connectivity index (χ1n) is 7.96. The van der Waals surface area contributed by atoms with Crippen LogP contribution in [0.4, 0.5) is 0 Å². The van der Waals surface area contributed by atoms with E-state index < -0.39 is 5.41 Å². The first-order valence-corrected chi connectivity index (χ1v) is 7.96. The quantitative estimate of drug-likeness (QED) is 0.218. The Morgan fingerprint density at radius 1 is 1.52 bits per heavy atom. The molecule has 1 fully saturated rings. The second-order valence-electron chi connectivity index (χ2n) is 6.16. The minimum atomic E-state index is -0.937. The Bertz CT molecular complexity index is 373. The fourth-order valence-corrected chi connectivity index (χ4v) is 2.74. The van der Waals surface area contributed by atoms with Crippen molar-refractivity contribution < 1.29 is 10.0 Å². The van der Waals surface area contributed by atoms with Gasteiger partial charge in [-0.3, -0.25) is 4.79 Å². The molecular formula is C15H30N4O2. The number of likely N-dealkylation sites (tertiary alicyclic amines) is 1. The average molecular weight is 298 g/mol. The Balaban J connectivity index is 2.36. The van der Waals surface area contributed by atoms with Gasteiger partial charge in [-0.05, 0) is 46.1 Å². The molecule has 1 saturated heterocycles. The number of amidine groups is 1. The van der Waals surface area contributed by atoms with Crippen LogP contribution in [0.25, 0.3) is 0 Å². The molecule has 4 N–H and O–H groups in total. The molecule has 0 aromatic heterocycles. The summed E-state index contributed by atoms with van der Waals surface area (Å²) < 4.78 is 0. The van der Waals surface area contributed by atoms with Gasteiger partial charge in [-0.15, -0.1) is 0 Å². The van der Waals surface area contributed by atoms with Crippen molar-refractivity contribution in [3.8, 4) is 0 Å². The summed E-state index contributed by atoms with van der Waals surface area (Å²) in [6.45, 7) is 8.61. The summed E-state index contributed by atoms with van der Waals surface area (Å²) >= 11 is 0. The van der Waals surface area contributed by atoms with Crippen molar-refractivity contribution in [2.75, 3.05) is 19.6 Å². The van der Waals surface area contributed by atoms with Crippen molar-refractivity contribution in [2.45, 2.75) is 58.9 Å². The third-order valence-electron chi connectivity index (χ3n) is 4.73. The average Bonchev–Trinajstić information content (AvgIpc) is 2.51. The summed E-state index contributed by atoms with van der Waals surface area (Å²) in [6, 6.07) is 0.646. The summed E-state index contributed by atoms with van der Waals surface area (Å²) in [7, 11) is 0. The van der Waals surface area contributed by atoms with E-state index in [0.29, 0.717) is 19.0 Å². The highest BCUT2D eigenvalue weighted by Gasteiger charge is 2.36. The molecule has 1 aliphatic rings. The Morgan fingerprint density at radius 2 is 2.24 bits per heavy atom. The van der Waals surface area contributed by atoms with E-state index in [1.807, 2.05) is 6.92 Å². The minimum Gasteiger partial charge on any atom is -0.409 e. The molecule has 0 aromatic rings. The molecule has 0 bridgehead atoms. The van der Waals surface area contributed by atoms with Gasteiger partial charge in [0.05, 0.1) is 0 Å². The molecule has 0 aliphatic carbocycles. The van der Waals surface area contributed by atoms with Crippen molar-refractivity contribution in [1.29, 1.82) is 0 Å². The molecule has 0 radical (unpaired) electrons. The highest BCUT2D eigenvalue weighted by Crippen LogP contribution is 2.21. The summed E-state index contributed by atoms with van der Waals surface area (Å²) in [6.07, 6.45) is 5.28. The van der Waals surface area contributed by atoms with Gasteiger partial charge in [0.2, 0.25) is 5.91 Å². The normalized spacial score (nSPS) is 23.6. The third-order valence-corrected chi connectivity index (χ3v) is 4.73. The van der Waals surface area contributed by atoms with Crippen molar-refractivity contribution in [3.63, 3.8) is 0 Å². The number of nitrogens with zero attached hydrogens (tertiary/aromatic N) is 2. The number of carbonyl (C=O) groups excluding carboxylic acids is 1. The van der Waals surface area contributed by atoms with Crippen LogP contribution < -0.4 is 11.1 Å². The van der Waals surface area contributed by atoms with E-state index in [9.17, 15) is 4.79 Å². The second kappa shape index (κ2) is 8.22. The zero-order valence-electron chi connectivity index (χ0n) is 13.6. The minimum absolute atomic E-state index is 0.0350. The zero-order chi connectivity index (χ0) is 15.9. The number of hydrogen-bond donors (Lipinski definition) is 3. The lowest BCUT2D eigenvalue weighted by Gasteiger charge is -2.33. The maximum absolute atomic E-state index is 12.2. The summed E-state index contributed by atoms with van der Waals surface area (Å²) in [5.74, 6) is -0.209. The summed E-state index contributed by atoms with van der Waals surface area (Å²) in [4.78, 5) is 14.7. The molecule has 2 atom stereocenters. The van der Waals surface area contributed by atoms with Gasteiger partial charge in [0, 0.05) is 19.1 Å². The summed E-state index contributed by atoms with van der Waals surface area (Å²) in [5.41, 5.74) is 4.70. The SMILES string of the molecule is CCC(C)(C(=O)NCCCN1CCCCC1C)C(N)=NO. The van der Waals surface area contributed by atoms with E-state index in [4.69, 9.17) is 10.9 Å². The van der Waals surface area contributed by atoms with Gasteiger partial charge in [-0.1, -0.05) is 18.5 Å². The first kappa shape index (κ1) is 17.8. The van der Waals surface area contributed by atoms with Crippen molar-refractivity contribution in [3.05, 3.63) is 0 Å². The Hall–Kier alpha value is -1.30. The van der Waals surface area contributed by atoms with Crippen LogP contribution in [-0.4, -0.2) is 47.5 Å². The number of nitrogens with one attached hydrogen (secondary N) is 1. The third kappa shape index (κ3) is 4.59. The van der Waals surface area contributed by atoms with Crippen LogP contribution in [0.5, 0.6) is 0 Å². The number of nitrogens with two attached hydrogens (primary N) is 1. The van der Waals surface area contributed by atoms with Gasteiger partial charge in [-0.2, -0.15) is 0 Å². The van der Waals surface area contributed by atoms with E-state index in [1.54, 1.807) is 6.92 Å². The standard InChI is InChI=1S/C15H30N4O2/c1-4-15(3,13(16)18-21)14(20)17-9-7-11-19-10-6-5-8-12(19)2/h12,21H,4-11H2,1-3H3,(H2,16,18)(H,17,20). The van der Waals surface area contributed by atoms with E-state index in [2.05, 4.69) is 22.3 Å². The molecule has 122 valence electrons. The topological polar surface area (TPSA) is 91.0 Å². The summed E-state index contributed by atoms with van der Waals surface area (Å²) in [5, 5.41) is 14.7. The van der Waals surface area contributed by atoms with E-state index in [-0.39, 0.29) is 11.7 Å². The fourth-order valence-electron chi connectivity index (χ4n) is 2.74. The maximum Gasteiger partial charge on any atom is 0.233 e. The Labute approximate surface area is 127 Å². The van der Waals surface area contributed by atoms with Crippen LogP contribution in [0.1, 0.15) is 52.9 Å². The van der Waals surface area contributed by atoms with Crippen molar-refractivity contribution in [1.82, 2.24) is 10.2 Å². The monoisotopic (exact) mass is 298 g/mol. The van der Waals surface area contributed by atoms with E-state index in [1.165, 1.54) is 19.3 Å². The first-order chi connectivity index (χ1) is 9.95. The molecule has 6 nitrogen and oxygen atoms in total. The molecule has 1 heterocycles. The molecule has 6 heteroatoms. The van der Waals surface area contributed by atoms with Crippen LogP contribution >= 0.6 is 0 Å². The second-order valence-corrected chi connectivity index (χ2v) is 6.16. The molecular weight excluding hydrogens is 268 g/mol. The number of hydrogen-bond acceptors (Lipinski definition) is 4. The van der Waals surface area contributed by atoms with Crippen molar-refractivity contribution in [2.24, 2.45) is 16.3 Å². The maximum atomic E-state index is 12.2. The van der Waals surface area contributed by atoms with Gasteiger partial charge in [-0.25, -0.2) is 0 Å². The fraction of sp³-hybridized carbons (Fsp3) is 0.867. The Morgan fingerprint density at radius 3 is 2.81 bits per heavy atom. The van der Waals surface area contributed by atoms with Crippen LogP contribution in [0, 0.1) is 5.41 Å². The lowest BCUT2D eigenvalue weighted by Crippen LogP contribution is -2.48. The van der Waals surface area contributed by atoms with Gasteiger partial charge >= 0.3 is 0 Å². The smallest absolute Gasteiger partial charge is 0.233 e. The molecule has 1 amide bonds. The zero-order valence-corrected chi connectivity index (χ0v) is 13.6. The van der Waals surface area contributed by atoms with E-state index >= 15 is 0 Å². The Kier molecular flexibility index (Phi) is 6.95. The predicted octanol–water partition coefficient (Wildman–Crippen LogP) is 1.53. The molecule has 1 rings (SSSR count). The van der Waals surface area contributed by atoms with Crippen LogP contribution in [0.15, 0.2) is 5.16 Å². The van der Waals surface area contributed by atoms with Gasteiger partial charge in [0.15, 0.2) is 5.84 Å². The molecule has 0 saturated carbocycles. The number of piperidine rings is 1. The molecule has 0 aromatic carbocycles. The van der Waals surface area contributed by atoms with Gasteiger partial charge in [0.25, 0.3) is 0 Å². The number of rotatable bonds is 7. The van der Waals surface area contributed by atoms with Crippen molar-refractivity contribution >= 4 is 11.7 Å². The molecule has 2 unspecified atom stereocenters. The predicted molar refractivity (Wildman–Crippen MR) is 84.3 cm³/mol. The molecule has 21 heavy (non-hydrogen) atoms. The van der Waals surface area contributed by atoms with Crippen LogP contribution in [0.3, 0.4) is 0 Å². The lowest BCUT2D eigenvalue weighted by atomic mass is 9.85. The lowest BCUT2D eigenvalue weighted by molar-refractivity contribution is -0.127. The van der Waals surface area contributed by atoms with Gasteiger partial charge in [0.1, 0.15) is 5.41 Å². The number of amides is 1. The molecule has 1 aliphatic heterocycles. The van der Waals surface area contributed by atoms with E-state index in [0.717, 1.165) is 19.5 Å². The number of oxime groups is 1. The van der Waals surface area contributed by atoms with Crippen LogP contribution in [-0.2, 0) is 4.79 Å². The van der Waals surface area contributed by atoms with Gasteiger partial charge < -0.3 is 21.2 Å². The highest BCUT2D eigenvalue weighted by atomic mass is 16.4.